The van der Waals surface area contributed by atoms with Crippen LogP contribution >= 0.6 is 11.6 Å². The minimum atomic E-state index is 0.655. The van der Waals surface area contributed by atoms with Crippen LogP contribution in [0.15, 0.2) is 18.2 Å². The van der Waals surface area contributed by atoms with Crippen molar-refractivity contribution in [3.05, 3.63) is 34.3 Å². The maximum absolute atomic E-state index is 6.19. The molecule has 0 spiro atoms. The van der Waals surface area contributed by atoms with Crippen LogP contribution in [0.2, 0.25) is 5.02 Å². The van der Waals surface area contributed by atoms with Gasteiger partial charge in [0.25, 0.3) is 0 Å². The van der Waals surface area contributed by atoms with Gasteiger partial charge in [-0.25, -0.2) is 0 Å². The molecule has 0 fully saturated rings. The van der Waals surface area contributed by atoms with E-state index in [9.17, 15) is 0 Å². The molecule has 0 saturated carbocycles. The SMILES string of the molecule is CN(C)C1CCc2cccc(Cl)c2C1. The fraction of sp³-hybridized carbons (Fsp3) is 0.500. The second kappa shape index (κ2) is 3.92. The number of benzene rings is 1. The van der Waals surface area contributed by atoms with E-state index in [4.69, 9.17) is 11.6 Å². The molecule has 1 atom stereocenters. The fourth-order valence-corrected chi connectivity index (χ4v) is 2.44. The van der Waals surface area contributed by atoms with Crippen LogP contribution in [0.3, 0.4) is 0 Å². The zero-order valence-electron chi connectivity index (χ0n) is 8.76. The molecule has 1 aliphatic carbocycles. The van der Waals surface area contributed by atoms with Crippen molar-refractivity contribution in [2.75, 3.05) is 14.1 Å². The van der Waals surface area contributed by atoms with Gasteiger partial charge in [-0.05, 0) is 50.6 Å². The molecule has 0 radical (unpaired) electrons. The van der Waals surface area contributed by atoms with E-state index in [0.29, 0.717) is 6.04 Å². The van der Waals surface area contributed by atoms with E-state index in [-0.39, 0.29) is 0 Å². The average molecular weight is 210 g/mol. The Labute approximate surface area is 90.7 Å². The highest BCUT2D eigenvalue weighted by Gasteiger charge is 2.21. The van der Waals surface area contributed by atoms with Crippen LogP contribution in [0.1, 0.15) is 17.5 Å². The van der Waals surface area contributed by atoms with Gasteiger partial charge >= 0.3 is 0 Å². The Hall–Kier alpha value is -0.530. The first-order valence-corrected chi connectivity index (χ1v) is 5.49. The van der Waals surface area contributed by atoms with Crippen molar-refractivity contribution >= 4 is 11.6 Å². The summed E-state index contributed by atoms with van der Waals surface area (Å²) in [6.45, 7) is 0. The highest BCUT2D eigenvalue weighted by molar-refractivity contribution is 6.31. The highest BCUT2D eigenvalue weighted by atomic mass is 35.5. The van der Waals surface area contributed by atoms with Gasteiger partial charge in [0.05, 0.1) is 0 Å². The van der Waals surface area contributed by atoms with Crippen molar-refractivity contribution in [1.29, 1.82) is 0 Å². The summed E-state index contributed by atoms with van der Waals surface area (Å²) in [4.78, 5) is 2.30. The zero-order valence-corrected chi connectivity index (χ0v) is 9.51. The number of halogens is 1. The molecule has 0 N–H and O–H groups in total. The van der Waals surface area contributed by atoms with Crippen LogP contribution in [0, 0.1) is 0 Å². The molecule has 1 aliphatic rings. The number of aryl methyl sites for hydroxylation is 1. The summed E-state index contributed by atoms with van der Waals surface area (Å²) in [5.74, 6) is 0. The van der Waals surface area contributed by atoms with Crippen molar-refractivity contribution < 1.29 is 0 Å². The Morgan fingerprint density at radius 3 is 2.86 bits per heavy atom. The Morgan fingerprint density at radius 2 is 2.14 bits per heavy atom. The molecule has 2 rings (SSSR count). The molecule has 1 aromatic carbocycles. The van der Waals surface area contributed by atoms with Gasteiger partial charge in [0.1, 0.15) is 0 Å². The van der Waals surface area contributed by atoms with Gasteiger partial charge < -0.3 is 4.90 Å². The molecule has 0 aromatic heterocycles. The van der Waals surface area contributed by atoms with Crippen LogP contribution < -0.4 is 0 Å². The predicted molar refractivity (Wildman–Crippen MR) is 61.0 cm³/mol. The summed E-state index contributed by atoms with van der Waals surface area (Å²) in [6, 6.07) is 6.91. The van der Waals surface area contributed by atoms with Gasteiger partial charge in [0.2, 0.25) is 0 Å². The standard InChI is InChI=1S/C12H16ClN/c1-14(2)10-7-6-9-4-3-5-12(13)11(9)8-10/h3-5,10H,6-8H2,1-2H3. The number of likely N-dealkylation sites (N-methyl/N-ethyl adjacent to an activating group) is 1. The number of hydrogen-bond acceptors (Lipinski definition) is 1. The Bertz CT molecular complexity index is 333. The second-order valence-electron chi connectivity index (χ2n) is 4.24. The largest absolute Gasteiger partial charge is 0.306 e. The Balaban J connectivity index is 2.29. The number of fused-ring (bicyclic) bond motifs is 1. The lowest BCUT2D eigenvalue weighted by Crippen LogP contribution is -2.33. The van der Waals surface area contributed by atoms with E-state index >= 15 is 0 Å². The van der Waals surface area contributed by atoms with Crippen molar-refractivity contribution in [2.24, 2.45) is 0 Å². The molecular weight excluding hydrogens is 194 g/mol. The zero-order chi connectivity index (χ0) is 10.1. The molecule has 0 heterocycles. The molecule has 0 aliphatic heterocycles. The topological polar surface area (TPSA) is 3.24 Å². The first-order chi connectivity index (χ1) is 6.68. The monoisotopic (exact) mass is 209 g/mol. The van der Waals surface area contributed by atoms with E-state index in [1.165, 1.54) is 24.0 Å². The van der Waals surface area contributed by atoms with Crippen LogP contribution in [-0.2, 0) is 12.8 Å². The van der Waals surface area contributed by atoms with Gasteiger partial charge in [-0.3, -0.25) is 0 Å². The van der Waals surface area contributed by atoms with E-state index in [1.54, 1.807) is 0 Å². The van der Waals surface area contributed by atoms with Gasteiger partial charge in [-0.15, -0.1) is 0 Å². The van der Waals surface area contributed by atoms with E-state index in [2.05, 4.69) is 31.1 Å². The minimum Gasteiger partial charge on any atom is -0.306 e. The Morgan fingerprint density at radius 1 is 1.36 bits per heavy atom. The first-order valence-electron chi connectivity index (χ1n) is 5.11. The molecule has 2 heteroatoms. The summed E-state index contributed by atoms with van der Waals surface area (Å²) < 4.78 is 0. The summed E-state index contributed by atoms with van der Waals surface area (Å²) in [7, 11) is 4.29. The third-order valence-electron chi connectivity index (χ3n) is 3.13. The lowest BCUT2D eigenvalue weighted by molar-refractivity contribution is 0.268. The predicted octanol–water partition coefficient (Wildman–Crippen LogP) is 2.76. The summed E-state index contributed by atoms with van der Waals surface area (Å²) in [5.41, 5.74) is 2.80. The van der Waals surface area contributed by atoms with E-state index in [0.717, 1.165) is 11.4 Å². The molecule has 1 aromatic rings. The van der Waals surface area contributed by atoms with E-state index in [1.807, 2.05) is 6.07 Å². The van der Waals surface area contributed by atoms with Gasteiger partial charge in [0.15, 0.2) is 0 Å². The highest BCUT2D eigenvalue weighted by Crippen LogP contribution is 2.28. The molecular formula is C12H16ClN. The lowest BCUT2D eigenvalue weighted by Gasteiger charge is -2.30. The molecule has 0 amide bonds. The summed E-state index contributed by atoms with van der Waals surface area (Å²) >= 11 is 6.19. The minimum absolute atomic E-state index is 0.655. The maximum atomic E-state index is 6.19. The molecule has 1 unspecified atom stereocenters. The third-order valence-corrected chi connectivity index (χ3v) is 3.49. The van der Waals surface area contributed by atoms with Crippen LogP contribution in [0.5, 0.6) is 0 Å². The molecule has 76 valence electrons. The third kappa shape index (κ3) is 1.79. The molecule has 0 saturated heterocycles. The van der Waals surface area contributed by atoms with Gasteiger partial charge in [-0.2, -0.15) is 0 Å². The van der Waals surface area contributed by atoms with Crippen molar-refractivity contribution in [1.82, 2.24) is 4.90 Å². The van der Waals surface area contributed by atoms with Crippen molar-refractivity contribution in [3.63, 3.8) is 0 Å². The summed E-state index contributed by atoms with van der Waals surface area (Å²) in [5, 5.41) is 0.939. The smallest absolute Gasteiger partial charge is 0.0441 e. The van der Waals surface area contributed by atoms with Crippen molar-refractivity contribution in [3.8, 4) is 0 Å². The summed E-state index contributed by atoms with van der Waals surface area (Å²) in [6.07, 6.45) is 3.51. The fourth-order valence-electron chi connectivity index (χ4n) is 2.17. The quantitative estimate of drug-likeness (QED) is 0.688. The van der Waals surface area contributed by atoms with Crippen LogP contribution in [0.4, 0.5) is 0 Å². The van der Waals surface area contributed by atoms with E-state index < -0.39 is 0 Å². The first kappa shape index (κ1) is 10.0. The molecule has 14 heavy (non-hydrogen) atoms. The molecule has 1 nitrogen and oxygen atoms in total. The van der Waals surface area contributed by atoms with Crippen LogP contribution in [0.25, 0.3) is 0 Å². The Kier molecular flexibility index (Phi) is 2.80. The normalized spacial score (nSPS) is 21.0. The van der Waals surface area contributed by atoms with Gasteiger partial charge in [0, 0.05) is 11.1 Å². The van der Waals surface area contributed by atoms with Crippen molar-refractivity contribution in [2.45, 2.75) is 25.3 Å². The number of hydrogen-bond donors (Lipinski definition) is 0. The second-order valence-corrected chi connectivity index (χ2v) is 4.64. The van der Waals surface area contributed by atoms with Gasteiger partial charge in [-0.1, -0.05) is 23.7 Å². The molecule has 0 bridgehead atoms. The van der Waals surface area contributed by atoms with Crippen LogP contribution in [-0.4, -0.2) is 25.0 Å². The number of nitrogens with zero attached hydrogens (tertiary/aromatic N) is 1. The number of rotatable bonds is 1. The average Bonchev–Trinajstić information content (AvgIpc) is 2.18. The maximum Gasteiger partial charge on any atom is 0.0441 e. The lowest BCUT2D eigenvalue weighted by atomic mass is 9.88.